The fraction of sp³-hybridized carbons (Fsp3) is 0.889. The van der Waals surface area contributed by atoms with Gasteiger partial charge in [-0.05, 0) is 13.3 Å². The molecule has 0 radical (unpaired) electrons. The molecule has 0 aliphatic heterocycles. The fourth-order valence-corrected chi connectivity index (χ4v) is 1.56. The minimum Gasteiger partial charge on any atom is -0.380 e. The van der Waals surface area contributed by atoms with Gasteiger partial charge < -0.3 is 4.74 Å². The van der Waals surface area contributed by atoms with Crippen LogP contribution in [0.25, 0.3) is 0 Å². The third-order valence-electron chi connectivity index (χ3n) is 1.84. The Hall–Kier alpha value is -0.640. The smallest absolute Gasteiger partial charge is 0.227 e. The van der Waals surface area contributed by atoms with Crippen LogP contribution in [0.3, 0.4) is 0 Å². The van der Waals surface area contributed by atoms with Crippen molar-refractivity contribution in [3.63, 3.8) is 0 Å². The molecular weight excluding hydrogens is 216 g/mol. The van der Waals surface area contributed by atoms with E-state index in [1.54, 1.807) is 6.07 Å². The summed E-state index contributed by atoms with van der Waals surface area (Å²) in [5, 5.41) is 7.42. The first kappa shape index (κ1) is 14.4. The number of hydrogen-bond acceptors (Lipinski definition) is 4. The van der Waals surface area contributed by atoms with Crippen molar-refractivity contribution in [3.8, 4) is 6.07 Å². The topological polar surface area (TPSA) is 79.2 Å². The summed E-state index contributed by atoms with van der Waals surface area (Å²) < 4.78 is 30.0. The number of nitrogens with one attached hydrogen (secondary N) is 1. The van der Waals surface area contributed by atoms with E-state index in [0.29, 0.717) is 13.2 Å². The highest BCUT2D eigenvalue weighted by Gasteiger charge is 2.18. The molecule has 0 saturated carbocycles. The van der Waals surface area contributed by atoms with Gasteiger partial charge in [-0.3, -0.25) is 0 Å². The van der Waals surface area contributed by atoms with Crippen LogP contribution < -0.4 is 4.72 Å². The maximum Gasteiger partial charge on any atom is 0.227 e. The molecule has 0 aliphatic carbocycles. The Morgan fingerprint density at radius 1 is 1.47 bits per heavy atom. The van der Waals surface area contributed by atoms with Crippen LogP contribution in [0.2, 0.25) is 0 Å². The van der Waals surface area contributed by atoms with E-state index in [-0.39, 0.29) is 6.54 Å². The van der Waals surface area contributed by atoms with Gasteiger partial charge in [0.15, 0.2) is 5.25 Å². The average molecular weight is 234 g/mol. The molecular formula is C9H18N2O3S. The van der Waals surface area contributed by atoms with E-state index in [4.69, 9.17) is 10.00 Å². The lowest BCUT2D eigenvalue weighted by molar-refractivity contribution is 0.136. The van der Waals surface area contributed by atoms with E-state index in [1.807, 2.05) is 0 Å². The lowest BCUT2D eigenvalue weighted by atomic mass is 10.4. The number of unbranched alkanes of at least 4 members (excludes halogenated alkanes) is 1. The SMILES string of the molecule is CCCCOCCNS(=O)(=O)C(C)C#N. The predicted molar refractivity (Wildman–Crippen MR) is 57.7 cm³/mol. The largest absolute Gasteiger partial charge is 0.380 e. The van der Waals surface area contributed by atoms with Gasteiger partial charge in [-0.1, -0.05) is 13.3 Å². The van der Waals surface area contributed by atoms with Gasteiger partial charge in [0, 0.05) is 13.2 Å². The molecule has 0 aromatic carbocycles. The molecule has 1 unspecified atom stereocenters. The lowest BCUT2D eigenvalue weighted by Crippen LogP contribution is -2.34. The summed E-state index contributed by atoms with van der Waals surface area (Å²) in [7, 11) is -3.49. The molecule has 0 aromatic rings. The van der Waals surface area contributed by atoms with Gasteiger partial charge in [-0.2, -0.15) is 5.26 Å². The minimum absolute atomic E-state index is 0.220. The third kappa shape index (κ3) is 6.44. The third-order valence-corrected chi connectivity index (χ3v) is 3.48. The van der Waals surface area contributed by atoms with E-state index < -0.39 is 15.3 Å². The average Bonchev–Trinajstić information content (AvgIpc) is 2.22. The van der Waals surface area contributed by atoms with Crippen molar-refractivity contribution in [2.75, 3.05) is 19.8 Å². The summed E-state index contributed by atoms with van der Waals surface area (Å²) in [6.07, 6.45) is 2.03. The zero-order chi connectivity index (χ0) is 11.7. The van der Waals surface area contributed by atoms with Crippen LogP contribution >= 0.6 is 0 Å². The van der Waals surface area contributed by atoms with Gasteiger partial charge in [0.25, 0.3) is 0 Å². The summed E-state index contributed by atoms with van der Waals surface area (Å²) >= 11 is 0. The molecule has 0 aromatic heterocycles. The second-order valence-corrected chi connectivity index (χ2v) is 5.26. The second kappa shape index (κ2) is 7.63. The molecule has 15 heavy (non-hydrogen) atoms. The molecule has 0 fully saturated rings. The van der Waals surface area contributed by atoms with Gasteiger partial charge in [0.05, 0.1) is 12.7 Å². The van der Waals surface area contributed by atoms with Gasteiger partial charge in [-0.15, -0.1) is 0 Å². The number of sulfonamides is 1. The van der Waals surface area contributed by atoms with E-state index in [0.717, 1.165) is 12.8 Å². The van der Waals surface area contributed by atoms with Crippen molar-refractivity contribution in [1.29, 1.82) is 5.26 Å². The number of rotatable bonds is 8. The second-order valence-electron chi connectivity index (χ2n) is 3.18. The molecule has 0 spiro atoms. The molecule has 0 rings (SSSR count). The fourth-order valence-electron chi connectivity index (χ4n) is 0.799. The Morgan fingerprint density at radius 3 is 2.67 bits per heavy atom. The molecule has 6 heteroatoms. The highest BCUT2D eigenvalue weighted by atomic mass is 32.2. The molecule has 0 saturated heterocycles. The summed E-state index contributed by atoms with van der Waals surface area (Å²) in [5.41, 5.74) is 0. The van der Waals surface area contributed by atoms with E-state index in [9.17, 15) is 8.42 Å². The molecule has 0 amide bonds. The van der Waals surface area contributed by atoms with Crippen molar-refractivity contribution in [3.05, 3.63) is 0 Å². The zero-order valence-corrected chi connectivity index (χ0v) is 10.0. The standard InChI is InChI=1S/C9H18N2O3S/c1-3-4-6-14-7-5-11-15(12,13)9(2)8-10/h9,11H,3-7H2,1-2H3. The first-order chi connectivity index (χ1) is 7.04. The summed E-state index contributed by atoms with van der Waals surface area (Å²) in [6, 6.07) is 1.68. The Morgan fingerprint density at radius 2 is 2.13 bits per heavy atom. The van der Waals surface area contributed by atoms with Gasteiger partial charge in [-0.25, -0.2) is 13.1 Å². The first-order valence-corrected chi connectivity index (χ1v) is 6.55. The molecule has 1 N–H and O–H groups in total. The Balaban J connectivity index is 3.64. The van der Waals surface area contributed by atoms with Crippen LogP contribution in [0.4, 0.5) is 0 Å². The molecule has 0 bridgehead atoms. The Bertz CT molecular complexity index is 295. The highest BCUT2D eigenvalue weighted by molar-refractivity contribution is 7.90. The maximum absolute atomic E-state index is 11.3. The van der Waals surface area contributed by atoms with Crippen molar-refractivity contribution >= 4 is 10.0 Å². The van der Waals surface area contributed by atoms with Crippen LogP contribution in [0.1, 0.15) is 26.7 Å². The lowest BCUT2D eigenvalue weighted by Gasteiger charge is -2.07. The molecule has 88 valence electrons. The monoisotopic (exact) mass is 234 g/mol. The van der Waals surface area contributed by atoms with Crippen molar-refractivity contribution < 1.29 is 13.2 Å². The maximum atomic E-state index is 11.3. The van der Waals surface area contributed by atoms with Gasteiger partial charge in [0.1, 0.15) is 0 Å². The number of nitriles is 1. The van der Waals surface area contributed by atoms with Crippen LogP contribution in [0.5, 0.6) is 0 Å². The molecule has 0 heterocycles. The summed E-state index contributed by atoms with van der Waals surface area (Å²) in [4.78, 5) is 0. The first-order valence-electron chi connectivity index (χ1n) is 5.00. The Kier molecular flexibility index (Phi) is 7.30. The van der Waals surface area contributed by atoms with E-state index >= 15 is 0 Å². The van der Waals surface area contributed by atoms with Crippen molar-refractivity contribution in [1.82, 2.24) is 4.72 Å². The summed E-state index contributed by atoms with van der Waals surface area (Å²) in [5.74, 6) is 0. The van der Waals surface area contributed by atoms with Crippen LogP contribution in [-0.2, 0) is 14.8 Å². The van der Waals surface area contributed by atoms with E-state index in [1.165, 1.54) is 6.92 Å². The molecule has 1 atom stereocenters. The molecule has 0 aliphatic rings. The van der Waals surface area contributed by atoms with Crippen LogP contribution in [-0.4, -0.2) is 33.4 Å². The number of ether oxygens (including phenoxy) is 1. The highest BCUT2D eigenvalue weighted by Crippen LogP contribution is 1.95. The van der Waals surface area contributed by atoms with Crippen LogP contribution in [0.15, 0.2) is 0 Å². The normalized spacial score (nSPS) is 13.4. The van der Waals surface area contributed by atoms with E-state index in [2.05, 4.69) is 11.6 Å². The minimum atomic E-state index is -3.49. The van der Waals surface area contributed by atoms with Crippen molar-refractivity contribution in [2.24, 2.45) is 0 Å². The molecule has 5 nitrogen and oxygen atoms in total. The van der Waals surface area contributed by atoms with Gasteiger partial charge in [0.2, 0.25) is 10.0 Å². The number of hydrogen-bond donors (Lipinski definition) is 1. The predicted octanol–water partition coefficient (Wildman–Crippen LogP) is 0.635. The van der Waals surface area contributed by atoms with Crippen LogP contribution in [0, 0.1) is 11.3 Å². The quantitative estimate of drug-likeness (QED) is 0.625. The zero-order valence-electron chi connectivity index (χ0n) is 9.19. The number of nitrogens with zero attached hydrogens (tertiary/aromatic N) is 1. The van der Waals surface area contributed by atoms with Crippen molar-refractivity contribution in [2.45, 2.75) is 31.9 Å². The summed E-state index contributed by atoms with van der Waals surface area (Å²) in [6.45, 7) is 4.61. The Labute approximate surface area is 91.5 Å². The van der Waals surface area contributed by atoms with Gasteiger partial charge >= 0.3 is 0 Å².